The molecule has 2 bridgehead atoms. The third kappa shape index (κ3) is 3.20. The van der Waals surface area contributed by atoms with Crippen LogP contribution in [0.2, 0.25) is 0 Å². The lowest BCUT2D eigenvalue weighted by Crippen LogP contribution is -2.47. The average molecular weight is 418 g/mol. The summed E-state index contributed by atoms with van der Waals surface area (Å²) in [6.45, 7) is 6.65. The van der Waals surface area contributed by atoms with E-state index in [1.807, 2.05) is 6.92 Å². The SMILES string of the molecule is CCC(C)(C)C(=O)OC(C)C(=O)OC1C2CC3C1OS(=O)(=O)C3C2C(=O)OC. The zero-order chi connectivity index (χ0) is 21.0. The van der Waals surface area contributed by atoms with Crippen molar-refractivity contribution in [3.63, 3.8) is 0 Å². The van der Waals surface area contributed by atoms with Crippen molar-refractivity contribution in [3.8, 4) is 0 Å². The zero-order valence-corrected chi connectivity index (χ0v) is 17.4. The first-order valence-electron chi connectivity index (χ1n) is 9.36. The first kappa shape index (κ1) is 21.0. The maximum atomic E-state index is 12.5. The third-order valence-electron chi connectivity index (χ3n) is 6.31. The Kier molecular flexibility index (Phi) is 5.24. The molecule has 9 nitrogen and oxygen atoms in total. The Labute approximate surface area is 164 Å². The van der Waals surface area contributed by atoms with Crippen LogP contribution in [0.3, 0.4) is 0 Å². The molecular weight excluding hydrogens is 392 g/mol. The van der Waals surface area contributed by atoms with Crippen LogP contribution in [0.1, 0.15) is 40.5 Å². The summed E-state index contributed by atoms with van der Waals surface area (Å²) in [4.78, 5) is 36.8. The molecule has 10 heteroatoms. The van der Waals surface area contributed by atoms with Gasteiger partial charge in [0.2, 0.25) is 0 Å². The van der Waals surface area contributed by atoms with Crippen LogP contribution < -0.4 is 0 Å². The Hall–Kier alpha value is -1.68. The van der Waals surface area contributed by atoms with E-state index in [0.29, 0.717) is 12.8 Å². The fourth-order valence-electron chi connectivity index (χ4n) is 4.33. The van der Waals surface area contributed by atoms with Gasteiger partial charge in [0.05, 0.1) is 18.4 Å². The van der Waals surface area contributed by atoms with Crippen molar-refractivity contribution in [3.05, 3.63) is 0 Å². The van der Waals surface area contributed by atoms with Crippen LogP contribution in [0.25, 0.3) is 0 Å². The van der Waals surface area contributed by atoms with E-state index in [1.54, 1.807) is 13.8 Å². The second-order valence-electron chi connectivity index (χ2n) is 8.32. The number of methoxy groups -OCH3 is 1. The van der Waals surface area contributed by atoms with Crippen LogP contribution >= 0.6 is 0 Å². The molecule has 2 saturated carbocycles. The molecule has 3 rings (SSSR count). The summed E-state index contributed by atoms with van der Waals surface area (Å²) in [7, 11) is -2.76. The van der Waals surface area contributed by atoms with E-state index in [0.717, 1.165) is 0 Å². The molecule has 0 aromatic carbocycles. The highest BCUT2D eigenvalue weighted by atomic mass is 32.2. The predicted molar refractivity (Wildman–Crippen MR) is 94.2 cm³/mol. The number of hydrogen-bond donors (Lipinski definition) is 0. The summed E-state index contributed by atoms with van der Waals surface area (Å²) >= 11 is 0. The minimum Gasteiger partial charge on any atom is -0.469 e. The summed E-state index contributed by atoms with van der Waals surface area (Å²) in [5.74, 6) is -3.86. The summed E-state index contributed by atoms with van der Waals surface area (Å²) in [6, 6.07) is 0. The zero-order valence-electron chi connectivity index (χ0n) is 16.5. The largest absolute Gasteiger partial charge is 0.469 e. The topological polar surface area (TPSA) is 122 Å². The third-order valence-corrected chi connectivity index (χ3v) is 8.11. The first-order valence-corrected chi connectivity index (χ1v) is 10.8. The normalized spacial score (nSPS) is 36.0. The molecule has 0 N–H and O–H groups in total. The van der Waals surface area contributed by atoms with Crippen LogP contribution in [-0.4, -0.2) is 57.0 Å². The van der Waals surface area contributed by atoms with E-state index in [2.05, 4.69) is 0 Å². The van der Waals surface area contributed by atoms with Gasteiger partial charge in [0, 0.05) is 11.8 Å². The molecule has 7 unspecified atom stereocenters. The molecule has 158 valence electrons. The maximum absolute atomic E-state index is 12.5. The van der Waals surface area contributed by atoms with Gasteiger partial charge < -0.3 is 14.2 Å². The summed E-state index contributed by atoms with van der Waals surface area (Å²) in [6.07, 6.45) is -1.96. The molecule has 3 fully saturated rings. The van der Waals surface area contributed by atoms with E-state index < -0.39 is 74.8 Å². The lowest BCUT2D eigenvalue weighted by molar-refractivity contribution is -0.180. The van der Waals surface area contributed by atoms with Gasteiger partial charge >= 0.3 is 17.9 Å². The predicted octanol–water partition coefficient (Wildman–Crippen LogP) is 0.802. The quantitative estimate of drug-likeness (QED) is 0.350. The number of esters is 3. The average Bonchev–Trinajstić information content (AvgIpc) is 3.23. The van der Waals surface area contributed by atoms with Crippen molar-refractivity contribution in [2.45, 2.75) is 64.1 Å². The molecule has 0 aromatic heterocycles. The van der Waals surface area contributed by atoms with Crippen molar-refractivity contribution < 1.29 is 41.2 Å². The van der Waals surface area contributed by atoms with E-state index in [-0.39, 0.29) is 0 Å². The molecule has 1 heterocycles. The summed E-state index contributed by atoms with van der Waals surface area (Å²) < 4.78 is 45.3. The summed E-state index contributed by atoms with van der Waals surface area (Å²) in [5.41, 5.74) is -0.743. The van der Waals surface area contributed by atoms with Gasteiger partial charge in [-0.3, -0.25) is 13.8 Å². The maximum Gasteiger partial charge on any atom is 0.347 e. The molecule has 0 amide bonds. The fourth-order valence-corrected chi connectivity index (χ4v) is 6.39. The molecule has 1 saturated heterocycles. The molecule has 1 aliphatic heterocycles. The van der Waals surface area contributed by atoms with Crippen LogP contribution in [0.4, 0.5) is 0 Å². The van der Waals surface area contributed by atoms with Crippen molar-refractivity contribution in [2.75, 3.05) is 7.11 Å². The Balaban J connectivity index is 1.74. The molecule has 3 aliphatic rings. The lowest BCUT2D eigenvalue weighted by Gasteiger charge is -2.30. The molecule has 0 radical (unpaired) electrons. The van der Waals surface area contributed by atoms with Gasteiger partial charge in [-0.05, 0) is 33.6 Å². The van der Waals surface area contributed by atoms with Crippen LogP contribution in [0, 0.1) is 23.2 Å². The van der Waals surface area contributed by atoms with Gasteiger partial charge in [0.1, 0.15) is 17.5 Å². The number of hydrogen-bond acceptors (Lipinski definition) is 9. The van der Waals surface area contributed by atoms with Crippen LogP contribution in [-0.2, 0) is 42.9 Å². The number of carbonyl (C=O) groups excluding carboxylic acids is 3. The molecule has 0 spiro atoms. The second-order valence-corrected chi connectivity index (χ2v) is 10.0. The van der Waals surface area contributed by atoms with Crippen LogP contribution in [0.15, 0.2) is 0 Å². The van der Waals surface area contributed by atoms with Crippen molar-refractivity contribution in [2.24, 2.45) is 23.2 Å². The van der Waals surface area contributed by atoms with Gasteiger partial charge in [-0.25, -0.2) is 4.79 Å². The number of carbonyl (C=O) groups is 3. The van der Waals surface area contributed by atoms with Gasteiger partial charge in [-0.2, -0.15) is 8.42 Å². The van der Waals surface area contributed by atoms with Gasteiger partial charge in [-0.1, -0.05) is 6.92 Å². The highest BCUT2D eigenvalue weighted by Gasteiger charge is 2.72. The monoisotopic (exact) mass is 418 g/mol. The summed E-state index contributed by atoms with van der Waals surface area (Å²) in [5, 5.41) is -0.967. The number of rotatable bonds is 6. The van der Waals surface area contributed by atoms with E-state index in [1.165, 1.54) is 14.0 Å². The fraction of sp³-hybridized carbons (Fsp3) is 0.833. The Morgan fingerprint density at radius 3 is 2.43 bits per heavy atom. The molecule has 7 atom stereocenters. The minimum absolute atomic E-state index is 0.392. The number of ether oxygens (including phenoxy) is 3. The first-order chi connectivity index (χ1) is 12.9. The van der Waals surface area contributed by atoms with E-state index in [4.69, 9.17) is 18.4 Å². The molecule has 0 aromatic rings. The molecule has 2 aliphatic carbocycles. The van der Waals surface area contributed by atoms with Gasteiger partial charge in [0.25, 0.3) is 10.1 Å². The molecular formula is C18H26O9S. The van der Waals surface area contributed by atoms with Gasteiger partial charge in [0.15, 0.2) is 6.10 Å². The number of fused-ring (bicyclic) bond motifs is 1. The highest BCUT2D eigenvalue weighted by molar-refractivity contribution is 7.87. The van der Waals surface area contributed by atoms with Crippen LogP contribution in [0.5, 0.6) is 0 Å². The van der Waals surface area contributed by atoms with E-state index in [9.17, 15) is 22.8 Å². The standard InChI is InChI=1S/C18H26O9S/c1-6-18(3,4)17(21)25-8(2)15(19)26-12-9-7-10-13(12)27-28(22,23)14(10)11(9)16(20)24-5/h8-14H,6-7H2,1-5H3. The minimum atomic E-state index is -3.94. The second kappa shape index (κ2) is 6.98. The van der Waals surface area contributed by atoms with Crippen molar-refractivity contribution in [1.29, 1.82) is 0 Å². The Morgan fingerprint density at radius 2 is 1.86 bits per heavy atom. The van der Waals surface area contributed by atoms with Crippen molar-refractivity contribution >= 4 is 28.0 Å². The Bertz CT molecular complexity index is 787. The lowest BCUT2D eigenvalue weighted by atomic mass is 9.84. The Morgan fingerprint density at radius 1 is 1.21 bits per heavy atom. The molecule has 28 heavy (non-hydrogen) atoms. The van der Waals surface area contributed by atoms with Gasteiger partial charge in [-0.15, -0.1) is 0 Å². The van der Waals surface area contributed by atoms with Crippen molar-refractivity contribution in [1.82, 2.24) is 0 Å². The smallest absolute Gasteiger partial charge is 0.347 e. The van der Waals surface area contributed by atoms with E-state index >= 15 is 0 Å². The highest BCUT2D eigenvalue weighted by Crippen LogP contribution is 2.58.